The van der Waals surface area contributed by atoms with E-state index in [1.54, 1.807) is 0 Å². The monoisotopic (exact) mass is 301 g/mol. The molecule has 2 heteroatoms. The Morgan fingerprint density at radius 3 is 2.33 bits per heavy atom. The van der Waals surface area contributed by atoms with E-state index in [0.717, 1.165) is 23.6 Å². The maximum absolute atomic E-state index is 6.20. The number of rotatable bonds is 6. The quantitative estimate of drug-likeness (QED) is 0.769. The third-order valence-corrected chi connectivity index (χ3v) is 4.15. The fourth-order valence-corrected chi connectivity index (χ4v) is 2.60. The summed E-state index contributed by atoms with van der Waals surface area (Å²) in [6.07, 6.45) is 2.24. The molecule has 0 aliphatic carbocycles. The maximum Gasteiger partial charge on any atom is 0.0441 e. The fraction of sp³-hybridized carbons (Fsp3) is 0.368. The molecule has 0 aromatic heterocycles. The molecule has 0 radical (unpaired) electrons. The van der Waals surface area contributed by atoms with Crippen molar-refractivity contribution in [1.29, 1.82) is 0 Å². The first-order valence-electron chi connectivity index (χ1n) is 7.69. The predicted octanol–water partition coefficient (Wildman–Crippen LogP) is 5.25. The Kier molecular flexibility index (Phi) is 5.84. The minimum atomic E-state index is 0.518. The van der Waals surface area contributed by atoms with Gasteiger partial charge in [0.05, 0.1) is 0 Å². The molecule has 1 N–H and O–H groups in total. The van der Waals surface area contributed by atoms with Gasteiger partial charge in [-0.2, -0.15) is 0 Å². The van der Waals surface area contributed by atoms with Crippen LogP contribution in [0, 0.1) is 6.92 Å². The van der Waals surface area contributed by atoms with E-state index in [9.17, 15) is 0 Å². The number of halogens is 1. The molecule has 2 aromatic carbocycles. The largest absolute Gasteiger partial charge is 0.314 e. The summed E-state index contributed by atoms with van der Waals surface area (Å²) in [6, 6.07) is 15.6. The summed E-state index contributed by atoms with van der Waals surface area (Å²) in [6.45, 7) is 7.55. The second-order valence-corrected chi connectivity index (χ2v) is 6.13. The van der Waals surface area contributed by atoms with Crippen molar-refractivity contribution < 1.29 is 0 Å². The average molecular weight is 302 g/mol. The summed E-state index contributed by atoms with van der Waals surface area (Å²) in [5.74, 6) is 0. The normalized spacial score (nSPS) is 12.4. The molecule has 2 aromatic rings. The minimum Gasteiger partial charge on any atom is -0.314 e. The summed E-state index contributed by atoms with van der Waals surface area (Å²) in [7, 11) is 0. The summed E-state index contributed by atoms with van der Waals surface area (Å²) >= 11 is 6.20. The molecule has 1 atom stereocenters. The topological polar surface area (TPSA) is 12.0 Å². The fourth-order valence-electron chi connectivity index (χ4n) is 2.42. The van der Waals surface area contributed by atoms with Crippen LogP contribution >= 0.6 is 11.6 Å². The first-order chi connectivity index (χ1) is 10.1. The van der Waals surface area contributed by atoms with E-state index in [0.29, 0.717) is 6.04 Å². The lowest BCUT2D eigenvalue weighted by Gasteiger charge is -2.13. The standard InChI is InChI=1S/C19H24ClN/c1-4-11-21-15(3)12-16-6-9-17(10-7-16)18-8-5-14(2)19(20)13-18/h5-10,13,15,21H,4,11-12H2,1-3H3. The SMILES string of the molecule is CCCNC(C)Cc1ccc(-c2ccc(C)c(Cl)c2)cc1. The smallest absolute Gasteiger partial charge is 0.0441 e. The van der Waals surface area contributed by atoms with E-state index >= 15 is 0 Å². The first-order valence-corrected chi connectivity index (χ1v) is 8.06. The number of hydrogen-bond acceptors (Lipinski definition) is 1. The number of aryl methyl sites for hydroxylation is 1. The number of benzene rings is 2. The van der Waals surface area contributed by atoms with Gasteiger partial charge in [-0.05, 0) is 61.6 Å². The van der Waals surface area contributed by atoms with Gasteiger partial charge in [0, 0.05) is 11.1 Å². The van der Waals surface area contributed by atoms with Crippen LogP contribution in [0.4, 0.5) is 0 Å². The lowest BCUT2D eigenvalue weighted by molar-refractivity contribution is 0.543. The summed E-state index contributed by atoms with van der Waals surface area (Å²) in [5, 5.41) is 4.35. The lowest BCUT2D eigenvalue weighted by atomic mass is 10.0. The van der Waals surface area contributed by atoms with Crippen molar-refractivity contribution in [3.63, 3.8) is 0 Å². The highest BCUT2D eigenvalue weighted by Gasteiger charge is 2.04. The van der Waals surface area contributed by atoms with Crippen LogP contribution in [0.2, 0.25) is 5.02 Å². The van der Waals surface area contributed by atoms with Gasteiger partial charge in [0.15, 0.2) is 0 Å². The van der Waals surface area contributed by atoms with E-state index in [1.807, 2.05) is 13.0 Å². The Labute approximate surface area is 133 Å². The third kappa shape index (κ3) is 4.59. The van der Waals surface area contributed by atoms with Gasteiger partial charge in [-0.1, -0.05) is 54.9 Å². The molecule has 0 fully saturated rings. The van der Waals surface area contributed by atoms with Gasteiger partial charge >= 0.3 is 0 Å². The van der Waals surface area contributed by atoms with Crippen LogP contribution < -0.4 is 5.32 Å². The van der Waals surface area contributed by atoms with Crippen molar-refractivity contribution in [1.82, 2.24) is 5.32 Å². The summed E-state index contributed by atoms with van der Waals surface area (Å²) in [4.78, 5) is 0. The van der Waals surface area contributed by atoms with Crippen LogP contribution in [0.15, 0.2) is 42.5 Å². The second-order valence-electron chi connectivity index (χ2n) is 5.72. The Balaban J connectivity index is 2.06. The van der Waals surface area contributed by atoms with Crippen LogP contribution in [0.25, 0.3) is 11.1 Å². The second kappa shape index (κ2) is 7.63. The molecule has 1 nitrogen and oxygen atoms in total. The molecule has 0 bridgehead atoms. The summed E-state index contributed by atoms with van der Waals surface area (Å²) in [5.41, 5.74) is 4.88. The number of hydrogen-bond donors (Lipinski definition) is 1. The minimum absolute atomic E-state index is 0.518. The van der Waals surface area contributed by atoms with Gasteiger partial charge in [0.25, 0.3) is 0 Å². The molecule has 0 saturated carbocycles. The molecule has 1 unspecified atom stereocenters. The zero-order valence-corrected chi connectivity index (χ0v) is 13.9. The molecule has 0 amide bonds. The van der Waals surface area contributed by atoms with Crippen LogP contribution in [-0.2, 0) is 6.42 Å². The van der Waals surface area contributed by atoms with Crippen molar-refractivity contribution >= 4 is 11.6 Å². The molecule has 0 spiro atoms. The Morgan fingerprint density at radius 2 is 1.71 bits per heavy atom. The van der Waals surface area contributed by atoms with E-state index in [2.05, 4.69) is 55.6 Å². The molecule has 21 heavy (non-hydrogen) atoms. The molecule has 0 saturated heterocycles. The first kappa shape index (κ1) is 16.1. The van der Waals surface area contributed by atoms with Crippen molar-refractivity contribution in [2.45, 2.75) is 39.7 Å². The Bertz CT molecular complexity index is 575. The van der Waals surface area contributed by atoms with E-state index in [1.165, 1.54) is 23.1 Å². The van der Waals surface area contributed by atoms with Gasteiger partial charge in [-0.3, -0.25) is 0 Å². The van der Waals surface area contributed by atoms with Crippen molar-refractivity contribution in [3.05, 3.63) is 58.6 Å². The van der Waals surface area contributed by atoms with Gasteiger partial charge in [-0.15, -0.1) is 0 Å². The van der Waals surface area contributed by atoms with Crippen LogP contribution in [0.1, 0.15) is 31.4 Å². The Morgan fingerprint density at radius 1 is 1.05 bits per heavy atom. The summed E-state index contributed by atoms with van der Waals surface area (Å²) < 4.78 is 0. The highest BCUT2D eigenvalue weighted by molar-refractivity contribution is 6.31. The van der Waals surface area contributed by atoms with Crippen LogP contribution in [0.3, 0.4) is 0 Å². The van der Waals surface area contributed by atoms with Crippen molar-refractivity contribution in [3.8, 4) is 11.1 Å². The molecular weight excluding hydrogens is 278 g/mol. The van der Waals surface area contributed by atoms with Gasteiger partial charge in [-0.25, -0.2) is 0 Å². The molecule has 112 valence electrons. The molecule has 0 aliphatic rings. The van der Waals surface area contributed by atoms with Crippen molar-refractivity contribution in [2.75, 3.05) is 6.54 Å². The van der Waals surface area contributed by atoms with Gasteiger partial charge < -0.3 is 5.32 Å². The van der Waals surface area contributed by atoms with Gasteiger partial charge in [0.1, 0.15) is 0 Å². The maximum atomic E-state index is 6.20. The molecule has 0 heterocycles. The van der Waals surface area contributed by atoms with E-state index in [-0.39, 0.29) is 0 Å². The highest BCUT2D eigenvalue weighted by Crippen LogP contribution is 2.25. The molecular formula is C19H24ClN. The van der Waals surface area contributed by atoms with E-state index < -0.39 is 0 Å². The predicted molar refractivity (Wildman–Crippen MR) is 93.1 cm³/mol. The molecule has 2 rings (SSSR count). The zero-order valence-electron chi connectivity index (χ0n) is 13.1. The zero-order chi connectivity index (χ0) is 15.2. The van der Waals surface area contributed by atoms with Crippen molar-refractivity contribution in [2.24, 2.45) is 0 Å². The molecule has 0 aliphatic heterocycles. The Hall–Kier alpha value is -1.31. The average Bonchev–Trinajstić information content (AvgIpc) is 2.49. The van der Waals surface area contributed by atoms with Gasteiger partial charge in [0.2, 0.25) is 0 Å². The third-order valence-electron chi connectivity index (χ3n) is 3.74. The van der Waals surface area contributed by atoms with Crippen LogP contribution in [0.5, 0.6) is 0 Å². The lowest BCUT2D eigenvalue weighted by Crippen LogP contribution is -2.28. The number of nitrogens with one attached hydrogen (secondary N) is 1. The highest BCUT2D eigenvalue weighted by atomic mass is 35.5. The van der Waals surface area contributed by atoms with Crippen LogP contribution in [-0.4, -0.2) is 12.6 Å². The van der Waals surface area contributed by atoms with E-state index in [4.69, 9.17) is 11.6 Å².